The van der Waals surface area contributed by atoms with E-state index in [2.05, 4.69) is 25.3 Å². The Morgan fingerprint density at radius 1 is 1.00 bits per heavy atom. The molecule has 39 heavy (non-hydrogen) atoms. The molecule has 0 unspecified atom stereocenters. The third kappa shape index (κ3) is 6.27. The fourth-order valence-electron chi connectivity index (χ4n) is 4.24. The number of Topliss-reactive ketones (excluding diaryl/α,β-unsaturated/α-hetero) is 1. The first kappa shape index (κ1) is 26.4. The molecule has 0 aliphatic rings. The van der Waals surface area contributed by atoms with Crippen LogP contribution >= 0.6 is 23.2 Å². The van der Waals surface area contributed by atoms with E-state index in [9.17, 15) is 9.59 Å². The van der Waals surface area contributed by atoms with Crippen molar-refractivity contribution in [2.45, 2.75) is 32.2 Å². The van der Waals surface area contributed by atoms with Crippen molar-refractivity contribution in [1.29, 1.82) is 0 Å². The minimum Gasteiger partial charge on any atom is -0.297 e. The van der Waals surface area contributed by atoms with Crippen LogP contribution in [0.3, 0.4) is 0 Å². The van der Waals surface area contributed by atoms with E-state index in [1.807, 2.05) is 37.3 Å². The molecule has 5 rings (SSSR count). The van der Waals surface area contributed by atoms with Crippen molar-refractivity contribution in [3.63, 3.8) is 0 Å². The molecule has 9 nitrogen and oxygen atoms in total. The van der Waals surface area contributed by atoms with Crippen molar-refractivity contribution in [3.05, 3.63) is 117 Å². The van der Waals surface area contributed by atoms with Crippen molar-refractivity contribution in [3.8, 4) is 16.9 Å². The molecule has 0 N–H and O–H groups in total. The second-order valence-corrected chi connectivity index (χ2v) is 9.81. The number of carbonyl (C=O) groups is 1. The lowest BCUT2D eigenvalue weighted by Crippen LogP contribution is -2.31. The topological polar surface area (TPSA) is 108 Å². The Hall–Kier alpha value is -4.21. The molecule has 1 atom stereocenters. The first-order valence-electron chi connectivity index (χ1n) is 12.2. The van der Waals surface area contributed by atoms with Crippen molar-refractivity contribution in [1.82, 2.24) is 34.5 Å². The number of carbonyl (C=O) groups excluding carboxylic acids is 1. The van der Waals surface area contributed by atoms with Gasteiger partial charge in [0.25, 0.3) is 5.56 Å². The fraction of sp³-hybridized carbons (Fsp3) is 0.179. The molecule has 0 amide bonds. The maximum absolute atomic E-state index is 13.5. The highest BCUT2D eigenvalue weighted by atomic mass is 35.5. The normalized spacial score (nSPS) is 11.9. The van der Waals surface area contributed by atoms with Crippen LogP contribution in [0.15, 0.2) is 84.3 Å². The molecule has 0 saturated carbocycles. The summed E-state index contributed by atoms with van der Waals surface area (Å²) in [5.74, 6) is -0.0985. The lowest BCUT2D eigenvalue weighted by molar-refractivity contribution is -0.122. The summed E-state index contributed by atoms with van der Waals surface area (Å²) >= 11 is 12.2. The molecule has 0 bridgehead atoms. The van der Waals surface area contributed by atoms with E-state index < -0.39 is 6.04 Å². The molecule has 3 heterocycles. The van der Waals surface area contributed by atoms with Crippen LogP contribution < -0.4 is 5.56 Å². The quantitative estimate of drug-likeness (QED) is 0.253. The minimum atomic E-state index is -0.743. The van der Waals surface area contributed by atoms with Gasteiger partial charge in [0, 0.05) is 41.9 Å². The number of benzene rings is 2. The molecule has 0 spiro atoms. The average molecular weight is 560 g/mol. The van der Waals surface area contributed by atoms with Gasteiger partial charge < -0.3 is 0 Å². The number of ketones is 1. The van der Waals surface area contributed by atoms with Crippen molar-refractivity contribution in [2.24, 2.45) is 0 Å². The molecule has 0 radical (unpaired) electrons. The van der Waals surface area contributed by atoms with E-state index >= 15 is 0 Å². The molecule has 196 valence electrons. The summed E-state index contributed by atoms with van der Waals surface area (Å²) in [5.41, 5.74) is 3.63. The molecular weight excluding hydrogens is 537 g/mol. The average Bonchev–Trinajstić information content (AvgIpc) is 3.38. The van der Waals surface area contributed by atoms with Crippen LogP contribution in [0.1, 0.15) is 29.4 Å². The van der Waals surface area contributed by atoms with Gasteiger partial charge in [-0.05, 0) is 37.1 Å². The van der Waals surface area contributed by atoms with Crippen molar-refractivity contribution >= 4 is 29.0 Å². The Morgan fingerprint density at radius 2 is 1.82 bits per heavy atom. The fourth-order valence-corrected chi connectivity index (χ4v) is 4.54. The third-order valence-corrected chi connectivity index (χ3v) is 6.63. The van der Waals surface area contributed by atoms with Gasteiger partial charge in [-0.15, -0.1) is 5.10 Å². The van der Waals surface area contributed by atoms with Gasteiger partial charge in [-0.1, -0.05) is 58.7 Å². The number of hydrogen-bond donors (Lipinski definition) is 0. The van der Waals surface area contributed by atoms with Crippen LogP contribution in [0.25, 0.3) is 16.9 Å². The monoisotopic (exact) mass is 559 g/mol. The van der Waals surface area contributed by atoms with E-state index in [0.717, 1.165) is 17.0 Å². The van der Waals surface area contributed by atoms with Gasteiger partial charge >= 0.3 is 0 Å². The largest absolute Gasteiger partial charge is 0.297 e. The standard InChI is InChI=1S/C28H23Cl2N7O2/c1-18-14-32-21(15-31-18)8-10-26(38)25(11-19-5-3-2-4-6-19)36-17-33-23(13-28(36)39)22-12-20(29)7-9-24(22)37-16-27(30)34-35-37/h2-7,9,12-17,25H,8,10-11H2,1H3/t25-/m0/s1. The van der Waals surface area contributed by atoms with E-state index in [4.69, 9.17) is 23.2 Å². The predicted molar refractivity (Wildman–Crippen MR) is 148 cm³/mol. The number of rotatable bonds is 9. The van der Waals surface area contributed by atoms with Crippen LogP contribution in [-0.2, 0) is 17.6 Å². The van der Waals surface area contributed by atoms with Crippen LogP contribution in [0, 0.1) is 6.92 Å². The lowest BCUT2D eigenvalue weighted by Gasteiger charge is -2.19. The molecule has 0 aliphatic heterocycles. The zero-order valence-corrected chi connectivity index (χ0v) is 22.4. The lowest BCUT2D eigenvalue weighted by atomic mass is 9.98. The SMILES string of the molecule is Cc1cnc(CCC(=O)[C@H](Cc2ccccc2)n2cnc(-c3cc(Cl)ccc3-n3cc(Cl)nn3)cc2=O)cn1. The predicted octanol–water partition coefficient (Wildman–Crippen LogP) is 4.88. The number of hydrogen-bond acceptors (Lipinski definition) is 7. The Morgan fingerprint density at radius 3 is 2.51 bits per heavy atom. The Kier molecular flexibility index (Phi) is 7.90. The maximum Gasteiger partial charge on any atom is 0.254 e. The number of nitrogens with zero attached hydrogens (tertiary/aromatic N) is 7. The summed E-state index contributed by atoms with van der Waals surface area (Å²) in [5, 5.41) is 8.52. The minimum absolute atomic E-state index is 0.0985. The van der Waals surface area contributed by atoms with Gasteiger partial charge in [0.1, 0.15) is 6.04 Å². The molecule has 0 fully saturated rings. The summed E-state index contributed by atoms with van der Waals surface area (Å²) in [4.78, 5) is 40.1. The highest BCUT2D eigenvalue weighted by Crippen LogP contribution is 2.28. The van der Waals surface area contributed by atoms with Gasteiger partial charge in [0.05, 0.1) is 35.3 Å². The Labute approximate surface area is 234 Å². The first-order valence-corrected chi connectivity index (χ1v) is 12.9. The van der Waals surface area contributed by atoms with Crippen LogP contribution in [-0.4, -0.2) is 40.3 Å². The first-order chi connectivity index (χ1) is 18.9. The molecule has 11 heteroatoms. The highest BCUT2D eigenvalue weighted by Gasteiger charge is 2.23. The van der Waals surface area contributed by atoms with Crippen LogP contribution in [0.2, 0.25) is 10.2 Å². The summed E-state index contributed by atoms with van der Waals surface area (Å²) < 4.78 is 2.87. The molecule has 0 aliphatic carbocycles. The van der Waals surface area contributed by atoms with E-state index in [1.54, 1.807) is 36.8 Å². The third-order valence-electron chi connectivity index (χ3n) is 6.22. The maximum atomic E-state index is 13.5. The smallest absolute Gasteiger partial charge is 0.254 e. The van der Waals surface area contributed by atoms with Gasteiger partial charge in [0.15, 0.2) is 10.9 Å². The molecule has 0 saturated heterocycles. The summed E-state index contributed by atoms with van der Waals surface area (Å²) in [6, 6.07) is 15.4. The van der Waals surface area contributed by atoms with Crippen LogP contribution in [0.5, 0.6) is 0 Å². The second-order valence-electron chi connectivity index (χ2n) is 8.99. The van der Waals surface area contributed by atoms with Crippen LogP contribution in [0.4, 0.5) is 0 Å². The summed E-state index contributed by atoms with van der Waals surface area (Å²) in [7, 11) is 0. The Bertz CT molecular complexity index is 1670. The van der Waals surface area contributed by atoms with Crippen molar-refractivity contribution < 1.29 is 4.79 Å². The van der Waals surface area contributed by atoms with Gasteiger partial charge in [-0.25, -0.2) is 9.67 Å². The Balaban J connectivity index is 1.48. The number of aromatic nitrogens is 7. The number of aryl methyl sites for hydroxylation is 2. The van der Waals surface area contributed by atoms with Crippen molar-refractivity contribution in [2.75, 3.05) is 0 Å². The zero-order valence-electron chi connectivity index (χ0n) is 20.9. The van der Waals surface area contributed by atoms with E-state index in [0.29, 0.717) is 34.8 Å². The van der Waals surface area contributed by atoms with Gasteiger partial charge in [0.2, 0.25) is 0 Å². The number of halogens is 2. The second kappa shape index (κ2) is 11.7. The molecule has 5 aromatic rings. The molecule has 2 aromatic carbocycles. The molecule has 3 aromatic heterocycles. The van der Waals surface area contributed by atoms with E-state index in [1.165, 1.54) is 21.6 Å². The highest BCUT2D eigenvalue weighted by molar-refractivity contribution is 6.31. The summed E-state index contributed by atoms with van der Waals surface area (Å²) in [6.45, 7) is 1.86. The summed E-state index contributed by atoms with van der Waals surface area (Å²) in [6.07, 6.45) is 7.27. The van der Waals surface area contributed by atoms with E-state index in [-0.39, 0.29) is 22.9 Å². The van der Waals surface area contributed by atoms with Gasteiger partial charge in [-0.2, -0.15) is 0 Å². The zero-order chi connectivity index (χ0) is 27.4. The van der Waals surface area contributed by atoms with Gasteiger partial charge in [-0.3, -0.25) is 24.1 Å². The molecular formula is C28H23Cl2N7O2.